The summed E-state index contributed by atoms with van der Waals surface area (Å²) in [7, 11) is 0. The Labute approximate surface area is 128 Å². The molecular formula is C16H18N2O2S. The number of carbonyl (C=O) groups is 1. The van der Waals surface area contributed by atoms with Crippen molar-refractivity contribution in [1.29, 1.82) is 0 Å². The topological polar surface area (TPSA) is 62.2 Å². The van der Waals surface area contributed by atoms with E-state index < -0.39 is 6.10 Å². The van der Waals surface area contributed by atoms with Crippen LogP contribution in [0, 0.1) is 0 Å². The number of pyridine rings is 1. The van der Waals surface area contributed by atoms with Crippen molar-refractivity contribution in [2.75, 3.05) is 5.32 Å². The molecule has 1 heterocycles. The van der Waals surface area contributed by atoms with Crippen molar-refractivity contribution in [3.63, 3.8) is 0 Å². The van der Waals surface area contributed by atoms with Gasteiger partial charge in [0.15, 0.2) is 0 Å². The molecule has 2 aromatic rings. The third kappa shape index (κ3) is 4.58. The van der Waals surface area contributed by atoms with Gasteiger partial charge >= 0.3 is 0 Å². The smallest absolute Gasteiger partial charge is 0.221 e. The molecule has 1 amide bonds. The minimum atomic E-state index is -0.499. The Bertz CT molecular complexity index is 597. The van der Waals surface area contributed by atoms with E-state index in [1.54, 1.807) is 18.0 Å². The average molecular weight is 302 g/mol. The van der Waals surface area contributed by atoms with Gasteiger partial charge in [0, 0.05) is 28.6 Å². The molecule has 0 aliphatic carbocycles. The highest BCUT2D eigenvalue weighted by atomic mass is 32.2. The zero-order chi connectivity index (χ0) is 15.2. The summed E-state index contributed by atoms with van der Waals surface area (Å²) in [5, 5.41) is 12.4. The Morgan fingerprint density at radius 2 is 1.90 bits per heavy atom. The first-order chi connectivity index (χ1) is 10.1. The largest absolute Gasteiger partial charge is 0.387 e. The number of amides is 1. The van der Waals surface area contributed by atoms with E-state index >= 15 is 0 Å². The number of nitrogens with one attached hydrogen (secondary N) is 1. The summed E-state index contributed by atoms with van der Waals surface area (Å²) in [6, 6.07) is 11.4. The fourth-order valence-electron chi connectivity index (χ4n) is 1.80. The van der Waals surface area contributed by atoms with Crippen molar-refractivity contribution < 1.29 is 9.90 Å². The van der Waals surface area contributed by atoms with Gasteiger partial charge in [0.05, 0.1) is 11.8 Å². The maximum absolute atomic E-state index is 11.0. The van der Waals surface area contributed by atoms with Crippen LogP contribution in [0.1, 0.15) is 32.1 Å². The molecule has 0 aliphatic heterocycles. The summed E-state index contributed by atoms with van der Waals surface area (Å²) in [5.74, 6) is -0.0790. The minimum absolute atomic E-state index is 0.0790. The van der Waals surface area contributed by atoms with Crippen LogP contribution < -0.4 is 5.32 Å². The maximum atomic E-state index is 11.0. The Balaban J connectivity index is 2.02. The molecule has 0 fully saturated rings. The van der Waals surface area contributed by atoms with Crippen LogP contribution in [0.3, 0.4) is 0 Å². The Kier molecular flexibility index (Phi) is 5.36. The van der Waals surface area contributed by atoms with Crippen molar-refractivity contribution in [3.8, 4) is 0 Å². The van der Waals surface area contributed by atoms with Gasteiger partial charge in [-0.2, -0.15) is 0 Å². The molecule has 1 aromatic heterocycles. The normalized spacial score (nSPS) is 12.0. The zero-order valence-corrected chi connectivity index (χ0v) is 12.9. The molecular weight excluding hydrogens is 284 g/mol. The van der Waals surface area contributed by atoms with Crippen LogP contribution in [0.15, 0.2) is 52.4 Å². The van der Waals surface area contributed by atoms with Gasteiger partial charge < -0.3 is 10.4 Å². The first-order valence-electron chi connectivity index (χ1n) is 6.78. The monoisotopic (exact) mass is 302 g/mol. The number of nitrogens with zero attached hydrogens (tertiary/aromatic N) is 1. The number of benzene rings is 1. The number of carbonyl (C=O) groups excluding carboxylic acids is 1. The number of aliphatic hydroxyl groups is 1. The third-order valence-electron chi connectivity index (χ3n) is 2.90. The van der Waals surface area contributed by atoms with E-state index in [0.717, 1.165) is 15.5 Å². The van der Waals surface area contributed by atoms with E-state index in [2.05, 4.69) is 10.3 Å². The van der Waals surface area contributed by atoms with E-state index in [1.807, 2.05) is 43.3 Å². The SMILES string of the molecule is CCC(O)c1ccc(Sc2ccc(NC(C)=O)cc2)cn1. The summed E-state index contributed by atoms with van der Waals surface area (Å²) >= 11 is 1.59. The van der Waals surface area contributed by atoms with Crippen LogP contribution in [-0.2, 0) is 4.79 Å². The van der Waals surface area contributed by atoms with Crippen molar-refractivity contribution in [1.82, 2.24) is 4.98 Å². The van der Waals surface area contributed by atoms with Gasteiger partial charge in [0.25, 0.3) is 0 Å². The first kappa shape index (κ1) is 15.5. The van der Waals surface area contributed by atoms with E-state index in [9.17, 15) is 9.90 Å². The summed E-state index contributed by atoms with van der Waals surface area (Å²) in [4.78, 5) is 17.3. The summed E-state index contributed by atoms with van der Waals surface area (Å²) < 4.78 is 0. The van der Waals surface area contributed by atoms with E-state index in [-0.39, 0.29) is 5.91 Å². The highest BCUT2D eigenvalue weighted by molar-refractivity contribution is 7.99. The molecule has 0 saturated carbocycles. The molecule has 2 N–H and O–H groups in total. The third-order valence-corrected chi connectivity index (χ3v) is 3.88. The first-order valence-corrected chi connectivity index (χ1v) is 7.59. The van der Waals surface area contributed by atoms with Crippen LogP contribution in [0.4, 0.5) is 5.69 Å². The van der Waals surface area contributed by atoms with Gasteiger partial charge in [0.1, 0.15) is 0 Å². The number of hydrogen-bond donors (Lipinski definition) is 2. The number of anilines is 1. The van der Waals surface area contributed by atoms with E-state index in [1.165, 1.54) is 6.92 Å². The van der Waals surface area contributed by atoms with Gasteiger partial charge in [-0.15, -0.1) is 0 Å². The van der Waals surface area contributed by atoms with Gasteiger partial charge in [0.2, 0.25) is 5.91 Å². The van der Waals surface area contributed by atoms with Crippen molar-refractivity contribution in [2.24, 2.45) is 0 Å². The quantitative estimate of drug-likeness (QED) is 0.885. The second kappa shape index (κ2) is 7.24. The van der Waals surface area contributed by atoms with Crippen LogP contribution in [0.5, 0.6) is 0 Å². The lowest BCUT2D eigenvalue weighted by atomic mass is 10.2. The lowest BCUT2D eigenvalue weighted by Crippen LogP contribution is -2.05. The molecule has 0 aliphatic rings. The fourth-order valence-corrected chi connectivity index (χ4v) is 2.59. The highest BCUT2D eigenvalue weighted by Gasteiger charge is 2.06. The zero-order valence-electron chi connectivity index (χ0n) is 12.0. The Morgan fingerprint density at radius 3 is 2.43 bits per heavy atom. The number of rotatable bonds is 5. The summed E-state index contributed by atoms with van der Waals surface area (Å²) in [6.45, 7) is 3.41. The molecule has 0 radical (unpaired) electrons. The van der Waals surface area contributed by atoms with Gasteiger partial charge in [-0.25, -0.2) is 0 Å². The van der Waals surface area contributed by atoms with Gasteiger partial charge in [-0.1, -0.05) is 18.7 Å². The fraction of sp³-hybridized carbons (Fsp3) is 0.250. The molecule has 2 rings (SSSR count). The van der Waals surface area contributed by atoms with Gasteiger partial charge in [-0.3, -0.25) is 9.78 Å². The van der Waals surface area contributed by atoms with Crippen molar-refractivity contribution in [3.05, 3.63) is 48.3 Å². The number of aromatic nitrogens is 1. The lowest BCUT2D eigenvalue weighted by Gasteiger charge is -2.08. The average Bonchev–Trinajstić information content (AvgIpc) is 2.49. The predicted molar refractivity (Wildman–Crippen MR) is 84.4 cm³/mol. The van der Waals surface area contributed by atoms with Crippen LogP contribution in [0.25, 0.3) is 0 Å². The second-order valence-electron chi connectivity index (χ2n) is 4.65. The lowest BCUT2D eigenvalue weighted by molar-refractivity contribution is -0.114. The van der Waals surface area contributed by atoms with Crippen molar-refractivity contribution in [2.45, 2.75) is 36.2 Å². The van der Waals surface area contributed by atoms with Gasteiger partial charge in [-0.05, 0) is 42.8 Å². The molecule has 21 heavy (non-hydrogen) atoms. The molecule has 0 spiro atoms. The Morgan fingerprint density at radius 1 is 1.24 bits per heavy atom. The second-order valence-corrected chi connectivity index (χ2v) is 5.80. The van der Waals surface area contributed by atoms with Crippen LogP contribution >= 0.6 is 11.8 Å². The maximum Gasteiger partial charge on any atom is 0.221 e. The van der Waals surface area contributed by atoms with E-state index in [4.69, 9.17) is 0 Å². The summed E-state index contributed by atoms with van der Waals surface area (Å²) in [5.41, 5.74) is 1.48. The number of aliphatic hydroxyl groups excluding tert-OH is 1. The van der Waals surface area contributed by atoms with Crippen LogP contribution in [0.2, 0.25) is 0 Å². The standard InChI is InChI=1S/C16H18N2O2S/c1-3-16(20)15-9-8-14(10-17-15)21-13-6-4-12(5-7-13)18-11(2)19/h4-10,16,20H,3H2,1-2H3,(H,18,19). The van der Waals surface area contributed by atoms with Crippen LogP contribution in [-0.4, -0.2) is 16.0 Å². The molecule has 4 nitrogen and oxygen atoms in total. The molecule has 1 unspecified atom stereocenters. The molecule has 1 aromatic carbocycles. The molecule has 0 bridgehead atoms. The van der Waals surface area contributed by atoms with E-state index in [0.29, 0.717) is 12.1 Å². The number of hydrogen-bond acceptors (Lipinski definition) is 4. The molecule has 110 valence electrons. The predicted octanol–water partition coefficient (Wildman–Crippen LogP) is 3.63. The highest BCUT2D eigenvalue weighted by Crippen LogP contribution is 2.28. The summed E-state index contributed by atoms with van der Waals surface area (Å²) in [6.07, 6.45) is 1.92. The molecule has 5 heteroatoms. The Hall–Kier alpha value is -1.85. The molecule has 0 saturated heterocycles. The minimum Gasteiger partial charge on any atom is -0.387 e. The molecule has 1 atom stereocenters. The van der Waals surface area contributed by atoms with Crippen molar-refractivity contribution >= 4 is 23.4 Å².